The van der Waals surface area contributed by atoms with Crippen molar-refractivity contribution < 1.29 is 4.74 Å². The number of hydrogen-bond donors (Lipinski definition) is 1. The van der Waals surface area contributed by atoms with Crippen LogP contribution in [0.1, 0.15) is 37.8 Å². The zero-order valence-electron chi connectivity index (χ0n) is 13.1. The summed E-state index contributed by atoms with van der Waals surface area (Å²) in [6.45, 7) is 9.16. The number of aryl methyl sites for hydroxylation is 1. The topological polar surface area (TPSA) is 37.4 Å². The van der Waals surface area contributed by atoms with Crippen LogP contribution in [0.25, 0.3) is 0 Å². The molecular weight excluding hydrogens is 250 g/mol. The second-order valence-electron chi connectivity index (χ2n) is 6.04. The zero-order valence-corrected chi connectivity index (χ0v) is 13.1. The molecule has 1 aliphatic heterocycles. The maximum atomic E-state index is 5.69. The van der Waals surface area contributed by atoms with Gasteiger partial charge in [0, 0.05) is 39.0 Å². The lowest BCUT2D eigenvalue weighted by Crippen LogP contribution is -2.30. The lowest BCUT2D eigenvalue weighted by molar-refractivity contribution is 0.116. The molecule has 2 heterocycles. The molecule has 1 saturated heterocycles. The van der Waals surface area contributed by atoms with Gasteiger partial charge in [0.25, 0.3) is 0 Å². The molecule has 1 fully saturated rings. The van der Waals surface area contributed by atoms with E-state index >= 15 is 0 Å². The number of ether oxygens (including phenoxy) is 1. The Morgan fingerprint density at radius 1 is 1.50 bits per heavy atom. The molecule has 1 aromatic heterocycles. The number of hydrogen-bond acceptors (Lipinski definition) is 4. The fourth-order valence-corrected chi connectivity index (χ4v) is 2.62. The van der Waals surface area contributed by atoms with Crippen molar-refractivity contribution in [2.24, 2.45) is 0 Å². The van der Waals surface area contributed by atoms with E-state index in [1.807, 2.05) is 6.20 Å². The number of nitrogens with zero attached hydrogens (tertiary/aromatic N) is 2. The van der Waals surface area contributed by atoms with E-state index in [0.29, 0.717) is 12.1 Å². The third-order valence-electron chi connectivity index (χ3n) is 3.68. The van der Waals surface area contributed by atoms with Gasteiger partial charge in [-0.1, -0.05) is 13.8 Å². The van der Waals surface area contributed by atoms with Crippen LogP contribution in [0.15, 0.2) is 12.3 Å². The van der Waals surface area contributed by atoms with Crippen molar-refractivity contribution >= 4 is 5.82 Å². The van der Waals surface area contributed by atoms with E-state index in [2.05, 4.69) is 49.1 Å². The fraction of sp³-hybridized carbons (Fsp3) is 0.688. The first-order chi connectivity index (χ1) is 9.56. The van der Waals surface area contributed by atoms with Crippen LogP contribution in [-0.4, -0.2) is 37.3 Å². The number of aromatic nitrogens is 1. The van der Waals surface area contributed by atoms with Gasteiger partial charge >= 0.3 is 0 Å². The van der Waals surface area contributed by atoms with Crippen LogP contribution in [0.5, 0.6) is 0 Å². The first-order valence-corrected chi connectivity index (χ1v) is 7.58. The van der Waals surface area contributed by atoms with Crippen LogP contribution < -0.4 is 10.2 Å². The summed E-state index contributed by atoms with van der Waals surface area (Å²) in [4.78, 5) is 6.84. The van der Waals surface area contributed by atoms with Crippen molar-refractivity contribution in [3.8, 4) is 0 Å². The van der Waals surface area contributed by atoms with Gasteiger partial charge in [-0.15, -0.1) is 0 Å². The van der Waals surface area contributed by atoms with Gasteiger partial charge in [0.1, 0.15) is 5.82 Å². The molecule has 0 amide bonds. The SMILES string of the molecule is Cc1cc(CNC(C)C)cnc1N(C)CC1CCCO1. The molecule has 0 saturated carbocycles. The molecule has 1 N–H and O–H groups in total. The first-order valence-electron chi connectivity index (χ1n) is 7.58. The minimum atomic E-state index is 0.364. The molecule has 1 aromatic rings. The highest BCUT2D eigenvalue weighted by Gasteiger charge is 2.18. The summed E-state index contributed by atoms with van der Waals surface area (Å²) in [5.74, 6) is 1.06. The van der Waals surface area contributed by atoms with Gasteiger partial charge in [-0.3, -0.25) is 0 Å². The third-order valence-corrected chi connectivity index (χ3v) is 3.68. The Kier molecular flexibility index (Phi) is 5.38. The van der Waals surface area contributed by atoms with Gasteiger partial charge in [0.15, 0.2) is 0 Å². The molecule has 112 valence electrons. The van der Waals surface area contributed by atoms with Crippen LogP contribution >= 0.6 is 0 Å². The Balaban J connectivity index is 1.97. The highest BCUT2D eigenvalue weighted by molar-refractivity contribution is 5.46. The standard InChI is InChI=1S/C16H27N3O/c1-12(2)17-9-14-8-13(3)16(18-10-14)19(4)11-15-6-5-7-20-15/h8,10,12,15,17H,5-7,9,11H2,1-4H3. The lowest BCUT2D eigenvalue weighted by Gasteiger charge is -2.23. The smallest absolute Gasteiger partial charge is 0.131 e. The molecule has 20 heavy (non-hydrogen) atoms. The summed E-state index contributed by atoms with van der Waals surface area (Å²) in [6, 6.07) is 2.72. The molecule has 1 aliphatic rings. The van der Waals surface area contributed by atoms with Gasteiger partial charge in [-0.2, -0.15) is 0 Å². The molecule has 1 atom stereocenters. The highest BCUT2D eigenvalue weighted by Crippen LogP contribution is 2.20. The molecule has 4 heteroatoms. The van der Waals surface area contributed by atoms with Crippen molar-refractivity contribution in [2.75, 3.05) is 25.1 Å². The Morgan fingerprint density at radius 2 is 2.30 bits per heavy atom. The summed E-state index contributed by atoms with van der Waals surface area (Å²) in [5.41, 5.74) is 2.47. The van der Waals surface area contributed by atoms with Crippen LogP contribution in [0.4, 0.5) is 5.82 Å². The van der Waals surface area contributed by atoms with Crippen LogP contribution in [0, 0.1) is 6.92 Å². The Hall–Kier alpha value is -1.13. The van der Waals surface area contributed by atoms with E-state index < -0.39 is 0 Å². The van der Waals surface area contributed by atoms with Gasteiger partial charge in [-0.25, -0.2) is 4.98 Å². The average Bonchev–Trinajstić information content (AvgIpc) is 2.89. The van der Waals surface area contributed by atoms with Gasteiger partial charge in [0.2, 0.25) is 0 Å². The Labute approximate surface area is 122 Å². The minimum Gasteiger partial charge on any atom is -0.376 e. The zero-order chi connectivity index (χ0) is 14.5. The average molecular weight is 277 g/mol. The highest BCUT2D eigenvalue weighted by atomic mass is 16.5. The Morgan fingerprint density at radius 3 is 2.90 bits per heavy atom. The summed E-state index contributed by atoms with van der Waals surface area (Å²) in [6.07, 6.45) is 4.69. The maximum absolute atomic E-state index is 5.69. The van der Waals surface area contributed by atoms with Gasteiger partial charge in [-0.05, 0) is 37.0 Å². The number of pyridine rings is 1. The van der Waals surface area contributed by atoms with E-state index in [0.717, 1.165) is 25.5 Å². The fourth-order valence-electron chi connectivity index (χ4n) is 2.62. The molecule has 1 unspecified atom stereocenters. The maximum Gasteiger partial charge on any atom is 0.131 e. The lowest BCUT2D eigenvalue weighted by atomic mass is 10.1. The van der Waals surface area contributed by atoms with Crippen LogP contribution in [0.2, 0.25) is 0 Å². The molecular formula is C16H27N3O. The summed E-state index contributed by atoms with van der Waals surface area (Å²) < 4.78 is 5.69. The van der Waals surface area contributed by atoms with Crippen molar-refractivity contribution in [3.63, 3.8) is 0 Å². The summed E-state index contributed by atoms with van der Waals surface area (Å²) in [7, 11) is 2.10. The largest absolute Gasteiger partial charge is 0.376 e. The predicted octanol–water partition coefficient (Wildman–Crippen LogP) is 2.50. The van der Waals surface area contributed by atoms with Gasteiger partial charge < -0.3 is 15.0 Å². The van der Waals surface area contributed by atoms with E-state index in [9.17, 15) is 0 Å². The number of rotatable bonds is 6. The number of anilines is 1. The van der Waals surface area contributed by atoms with E-state index in [1.165, 1.54) is 24.0 Å². The van der Waals surface area contributed by atoms with Gasteiger partial charge in [0.05, 0.1) is 6.10 Å². The van der Waals surface area contributed by atoms with Crippen LogP contribution in [0.3, 0.4) is 0 Å². The minimum absolute atomic E-state index is 0.364. The first kappa shape index (κ1) is 15.3. The van der Waals surface area contributed by atoms with Crippen molar-refractivity contribution in [1.29, 1.82) is 0 Å². The molecule has 0 spiro atoms. The van der Waals surface area contributed by atoms with E-state index in [4.69, 9.17) is 4.74 Å². The molecule has 0 aromatic carbocycles. The summed E-state index contributed by atoms with van der Waals surface area (Å²) in [5, 5.41) is 3.42. The monoisotopic (exact) mass is 277 g/mol. The molecule has 2 rings (SSSR count). The van der Waals surface area contributed by atoms with Crippen molar-refractivity contribution in [3.05, 3.63) is 23.4 Å². The Bertz CT molecular complexity index is 428. The van der Waals surface area contributed by atoms with E-state index in [-0.39, 0.29) is 0 Å². The second kappa shape index (κ2) is 7.04. The summed E-state index contributed by atoms with van der Waals surface area (Å²) >= 11 is 0. The molecule has 0 radical (unpaired) electrons. The van der Waals surface area contributed by atoms with Crippen molar-refractivity contribution in [1.82, 2.24) is 10.3 Å². The normalized spacial score (nSPS) is 18.8. The molecule has 0 bridgehead atoms. The molecule has 0 aliphatic carbocycles. The van der Waals surface area contributed by atoms with E-state index in [1.54, 1.807) is 0 Å². The quantitative estimate of drug-likeness (QED) is 0.867. The second-order valence-corrected chi connectivity index (χ2v) is 6.04. The van der Waals surface area contributed by atoms with Crippen molar-refractivity contribution in [2.45, 2.75) is 52.3 Å². The van der Waals surface area contributed by atoms with Crippen LogP contribution in [-0.2, 0) is 11.3 Å². The predicted molar refractivity (Wildman–Crippen MR) is 83.2 cm³/mol. The number of nitrogens with one attached hydrogen (secondary N) is 1. The third kappa shape index (κ3) is 4.18. The molecule has 4 nitrogen and oxygen atoms in total. The number of likely N-dealkylation sites (N-methyl/N-ethyl adjacent to an activating group) is 1.